The number of H-pyrrole nitrogens is 1. The zero-order valence-electron chi connectivity index (χ0n) is 21.7. The predicted octanol–water partition coefficient (Wildman–Crippen LogP) is 0.846. The predicted molar refractivity (Wildman–Crippen MR) is 139 cm³/mol. The fourth-order valence-corrected chi connectivity index (χ4v) is 3.99. The molecule has 5 atom stereocenters. The molecule has 1 aromatic carbocycles. The molecule has 1 aliphatic rings. The number of aromatic nitrogens is 1. The highest BCUT2D eigenvalue weighted by Gasteiger charge is 2.57. The normalized spacial score (nSPS) is 23.9. The van der Waals surface area contributed by atoms with Crippen LogP contribution < -0.4 is 11.1 Å². The second-order valence-electron chi connectivity index (χ2n) is 9.89. The SMILES string of the molecule is CC(C)(C)OC(=O)N[C@@H](Cc1ccccc1)C(=O)OC[C@H]1O[C@@](C#N)(c2ccc(/C(N)=N\C=N)[nH]2)[C@H](O)[C@@H]1O. The highest BCUT2D eigenvalue weighted by molar-refractivity contribution is 5.99. The van der Waals surface area contributed by atoms with Crippen molar-refractivity contribution in [1.29, 1.82) is 10.7 Å². The van der Waals surface area contributed by atoms with Crippen molar-refractivity contribution in [1.82, 2.24) is 10.3 Å². The van der Waals surface area contributed by atoms with Crippen LogP contribution in [0.1, 0.15) is 37.7 Å². The fourth-order valence-electron chi connectivity index (χ4n) is 3.99. The van der Waals surface area contributed by atoms with Crippen LogP contribution in [0.2, 0.25) is 0 Å². The fraction of sp³-hybridized carbons (Fsp3) is 0.423. The van der Waals surface area contributed by atoms with Crippen molar-refractivity contribution in [3.63, 3.8) is 0 Å². The number of carbonyl (C=O) groups excluding carboxylic acids is 2. The number of rotatable bonds is 9. The van der Waals surface area contributed by atoms with Gasteiger partial charge in [-0.05, 0) is 38.5 Å². The van der Waals surface area contributed by atoms with Crippen molar-refractivity contribution < 1.29 is 34.0 Å². The molecule has 208 valence electrons. The number of ether oxygens (including phenoxy) is 3. The number of carbonyl (C=O) groups is 2. The average molecular weight is 541 g/mol. The van der Waals surface area contributed by atoms with Crippen molar-refractivity contribution in [3.8, 4) is 6.07 Å². The zero-order valence-corrected chi connectivity index (χ0v) is 21.7. The lowest BCUT2D eigenvalue weighted by Gasteiger charge is -2.24. The van der Waals surface area contributed by atoms with E-state index in [9.17, 15) is 25.1 Å². The number of nitrogens with two attached hydrogens (primary N) is 1. The van der Waals surface area contributed by atoms with Crippen LogP contribution in [-0.4, -0.2) is 76.0 Å². The van der Waals surface area contributed by atoms with Crippen molar-refractivity contribution in [2.24, 2.45) is 10.7 Å². The molecule has 0 saturated carbocycles. The van der Waals surface area contributed by atoms with Gasteiger partial charge >= 0.3 is 12.1 Å². The molecule has 1 saturated heterocycles. The minimum atomic E-state index is -2.03. The van der Waals surface area contributed by atoms with Gasteiger partial charge < -0.3 is 40.5 Å². The van der Waals surface area contributed by atoms with E-state index in [1.165, 1.54) is 12.1 Å². The molecule has 1 amide bonds. The Morgan fingerprint density at radius 2 is 2.00 bits per heavy atom. The van der Waals surface area contributed by atoms with E-state index in [-0.39, 0.29) is 23.6 Å². The number of nitrogens with zero attached hydrogens (tertiary/aromatic N) is 2. The Kier molecular flexibility index (Phi) is 9.08. The Morgan fingerprint density at radius 3 is 2.62 bits per heavy atom. The molecule has 0 aliphatic carbocycles. The number of esters is 1. The highest BCUT2D eigenvalue weighted by Crippen LogP contribution is 2.39. The van der Waals surface area contributed by atoms with Gasteiger partial charge in [-0.1, -0.05) is 30.3 Å². The lowest BCUT2D eigenvalue weighted by molar-refractivity contribution is -0.153. The number of nitrogens with one attached hydrogen (secondary N) is 3. The Bertz CT molecular complexity index is 1250. The Balaban J connectivity index is 1.74. The number of hydrogen-bond donors (Lipinski definition) is 6. The third-order valence-corrected chi connectivity index (χ3v) is 5.84. The smallest absolute Gasteiger partial charge is 0.408 e. The first-order chi connectivity index (χ1) is 18.4. The summed E-state index contributed by atoms with van der Waals surface area (Å²) in [5.41, 5.74) is 4.03. The van der Waals surface area contributed by atoms with Gasteiger partial charge in [0.25, 0.3) is 0 Å². The maximum atomic E-state index is 13.0. The van der Waals surface area contributed by atoms with Crippen molar-refractivity contribution in [2.45, 2.75) is 62.7 Å². The number of amidine groups is 1. The Labute approximate surface area is 225 Å². The van der Waals surface area contributed by atoms with Gasteiger partial charge in [-0.2, -0.15) is 5.26 Å². The average Bonchev–Trinajstić information content (AvgIpc) is 3.46. The first kappa shape index (κ1) is 29.3. The van der Waals surface area contributed by atoms with Crippen LogP contribution in [0.5, 0.6) is 0 Å². The number of aliphatic hydroxyl groups excluding tert-OH is 2. The molecule has 1 aliphatic heterocycles. The zero-order chi connectivity index (χ0) is 28.8. The van der Waals surface area contributed by atoms with Gasteiger partial charge in [0.05, 0.1) is 11.4 Å². The molecule has 2 aromatic rings. The van der Waals surface area contributed by atoms with Crippen LogP contribution in [-0.2, 0) is 31.0 Å². The summed E-state index contributed by atoms with van der Waals surface area (Å²) in [6.45, 7) is 4.53. The largest absolute Gasteiger partial charge is 0.461 e. The molecule has 3 rings (SSSR count). The van der Waals surface area contributed by atoms with Crippen LogP contribution in [0.3, 0.4) is 0 Å². The number of aliphatic hydroxyl groups is 2. The van der Waals surface area contributed by atoms with E-state index < -0.39 is 54.2 Å². The highest BCUT2D eigenvalue weighted by atomic mass is 16.6. The molecule has 2 heterocycles. The summed E-state index contributed by atoms with van der Waals surface area (Å²) in [5.74, 6) is -0.868. The molecule has 1 aromatic heterocycles. The quantitative estimate of drug-likeness (QED) is 0.151. The summed E-state index contributed by atoms with van der Waals surface area (Å²) in [7, 11) is 0. The van der Waals surface area contributed by atoms with Crippen LogP contribution in [0, 0.1) is 16.7 Å². The summed E-state index contributed by atoms with van der Waals surface area (Å²) >= 11 is 0. The van der Waals surface area contributed by atoms with Crippen LogP contribution >= 0.6 is 0 Å². The minimum Gasteiger partial charge on any atom is -0.461 e. The van der Waals surface area contributed by atoms with Gasteiger partial charge in [0.2, 0.25) is 5.60 Å². The van der Waals surface area contributed by atoms with Gasteiger partial charge in [-0.25, -0.2) is 14.6 Å². The molecule has 0 unspecified atom stereocenters. The van der Waals surface area contributed by atoms with Crippen molar-refractivity contribution in [2.75, 3.05) is 6.61 Å². The van der Waals surface area contributed by atoms with E-state index in [0.717, 1.165) is 11.9 Å². The van der Waals surface area contributed by atoms with E-state index in [2.05, 4.69) is 15.3 Å². The van der Waals surface area contributed by atoms with Crippen molar-refractivity contribution in [3.05, 3.63) is 59.4 Å². The molecular weight excluding hydrogens is 508 g/mol. The summed E-state index contributed by atoms with van der Waals surface area (Å²) in [6, 6.07) is 12.6. The van der Waals surface area contributed by atoms with E-state index in [4.69, 9.17) is 25.4 Å². The number of aliphatic imine (C=N–C) groups is 1. The second kappa shape index (κ2) is 12.1. The second-order valence-corrected chi connectivity index (χ2v) is 9.89. The summed E-state index contributed by atoms with van der Waals surface area (Å²) in [5, 5.41) is 40.9. The van der Waals surface area contributed by atoms with Gasteiger partial charge in [0, 0.05) is 6.42 Å². The Hall–Kier alpha value is -4.25. The monoisotopic (exact) mass is 540 g/mol. The summed E-state index contributed by atoms with van der Waals surface area (Å²) in [6.07, 6.45) is -4.55. The lowest BCUT2D eigenvalue weighted by Crippen LogP contribution is -2.46. The number of aromatic amines is 1. The molecule has 13 heteroatoms. The third kappa shape index (κ3) is 6.99. The van der Waals surface area contributed by atoms with E-state index in [1.807, 2.05) is 12.1 Å². The van der Waals surface area contributed by atoms with Gasteiger partial charge in [0.15, 0.2) is 0 Å². The summed E-state index contributed by atoms with van der Waals surface area (Å²) < 4.78 is 16.4. The molecule has 0 bridgehead atoms. The molecule has 39 heavy (non-hydrogen) atoms. The van der Waals surface area contributed by atoms with Crippen LogP contribution in [0.15, 0.2) is 47.5 Å². The molecule has 7 N–H and O–H groups in total. The van der Waals surface area contributed by atoms with Crippen LogP contribution in [0.25, 0.3) is 0 Å². The maximum absolute atomic E-state index is 13.0. The first-order valence-electron chi connectivity index (χ1n) is 12.1. The summed E-state index contributed by atoms with van der Waals surface area (Å²) in [4.78, 5) is 31.9. The standard InChI is InChI=1S/C26H32N6O7/c1-25(2,3)39-24(36)32-17(11-15-7-5-4-6-8-15)23(35)37-12-18-20(33)21(34)26(13-27,38-18)19-10-9-16(31-19)22(29)30-14-28/h4-10,14,17-18,20-21,31,33-34H,11-12H2,1-3H3,(H,32,36)(H3,28,29,30)/t17-,18+,20+,21+,26-/m0/s1. The maximum Gasteiger partial charge on any atom is 0.408 e. The molecule has 0 radical (unpaired) electrons. The van der Waals surface area contributed by atoms with Crippen LogP contribution in [0.4, 0.5) is 4.79 Å². The first-order valence-corrected chi connectivity index (χ1v) is 12.1. The number of alkyl carbamates (subject to hydrolysis) is 1. The lowest BCUT2D eigenvalue weighted by atomic mass is 9.93. The third-order valence-electron chi connectivity index (χ3n) is 5.84. The number of amides is 1. The molecule has 13 nitrogen and oxygen atoms in total. The molecule has 0 spiro atoms. The van der Waals surface area contributed by atoms with Gasteiger partial charge in [0.1, 0.15) is 54.8 Å². The van der Waals surface area contributed by atoms with Crippen molar-refractivity contribution >= 4 is 24.2 Å². The van der Waals surface area contributed by atoms with E-state index in [0.29, 0.717) is 0 Å². The number of nitriles is 1. The number of hydrogen-bond acceptors (Lipinski definition) is 9. The minimum absolute atomic E-state index is 0.0372. The molecule has 1 fully saturated rings. The van der Waals surface area contributed by atoms with Gasteiger partial charge in [-0.3, -0.25) is 5.41 Å². The van der Waals surface area contributed by atoms with Gasteiger partial charge in [-0.15, -0.1) is 0 Å². The Morgan fingerprint density at radius 1 is 1.31 bits per heavy atom. The topological polar surface area (TPSA) is 216 Å². The van der Waals surface area contributed by atoms with E-state index in [1.54, 1.807) is 45.0 Å². The van der Waals surface area contributed by atoms with E-state index >= 15 is 0 Å². The number of benzene rings is 1. The molecular formula is C26H32N6O7.